The Morgan fingerprint density at radius 2 is 1.66 bits per heavy atom. The number of nitrogens with one attached hydrogen (secondary N) is 1. The summed E-state index contributed by atoms with van der Waals surface area (Å²) in [6, 6.07) is 16.3. The van der Waals surface area contributed by atoms with Crippen LogP contribution in [0.1, 0.15) is 27.0 Å². The topological polar surface area (TPSA) is 95.5 Å². The van der Waals surface area contributed by atoms with Crippen LogP contribution in [0.4, 0.5) is 5.69 Å². The van der Waals surface area contributed by atoms with Gasteiger partial charge in [-0.05, 0) is 36.4 Å². The van der Waals surface area contributed by atoms with Gasteiger partial charge in [0, 0.05) is 41.6 Å². The zero-order valence-corrected chi connectivity index (χ0v) is 17.5. The van der Waals surface area contributed by atoms with Gasteiger partial charge in [-0.25, -0.2) is 4.79 Å². The summed E-state index contributed by atoms with van der Waals surface area (Å²) in [4.78, 5) is 13.0. The maximum Gasteiger partial charge on any atom is 0.340 e. The van der Waals surface area contributed by atoms with Crippen molar-refractivity contribution in [1.29, 1.82) is 0 Å². The number of ether oxygens (including phenoxy) is 5. The van der Waals surface area contributed by atoms with Gasteiger partial charge in [-0.2, -0.15) is 0 Å². The van der Waals surface area contributed by atoms with Gasteiger partial charge in [0.2, 0.25) is 0 Å². The summed E-state index contributed by atoms with van der Waals surface area (Å²) in [5.41, 5.74) is 2.24. The molecule has 3 aromatic carbocycles. The van der Waals surface area contributed by atoms with Gasteiger partial charge in [-0.3, -0.25) is 0 Å². The molecule has 2 aliphatic heterocycles. The van der Waals surface area contributed by atoms with E-state index in [0.29, 0.717) is 39.7 Å². The molecule has 8 heteroatoms. The first-order valence-electron chi connectivity index (χ1n) is 9.98. The average molecular weight is 435 g/mol. The number of carbonyl (C=O) groups is 1. The molecule has 3 aromatic rings. The third-order valence-electron chi connectivity index (χ3n) is 5.67. The zero-order valence-electron chi connectivity index (χ0n) is 17.5. The van der Waals surface area contributed by atoms with Crippen LogP contribution in [0.5, 0.6) is 23.0 Å². The van der Waals surface area contributed by atoms with E-state index in [2.05, 4.69) is 5.32 Å². The van der Waals surface area contributed by atoms with E-state index in [9.17, 15) is 4.79 Å². The number of esters is 1. The molecule has 0 radical (unpaired) electrons. The number of aliphatic hydroxyl groups is 1. The van der Waals surface area contributed by atoms with Gasteiger partial charge in [0.05, 0.1) is 12.7 Å². The van der Waals surface area contributed by atoms with Crippen molar-refractivity contribution in [3.8, 4) is 23.0 Å². The Morgan fingerprint density at radius 3 is 2.34 bits per heavy atom. The fourth-order valence-corrected chi connectivity index (χ4v) is 4.21. The summed E-state index contributed by atoms with van der Waals surface area (Å²) in [7, 11) is 3.37. The highest BCUT2D eigenvalue weighted by Gasteiger charge is 2.53. The second-order valence-electron chi connectivity index (χ2n) is 7.30. The van der Waals surface area contributed by atoms with Gasteiger partial charge in [-0.1, -0.05) is 6.07 Å². The Labute approximate surface area is 184 Å². The molecular formula is C24H21NO7. The predicted molar refractivity (Wildman–Crippen MR) is 114 cm³/mol. The van der Waals surface area contributed by atoms with Crippen LogP contribution in [0.3, 0.4) is 0 Å². The first kappa shape index (κ1) is 20.2. The van der Waals surface area contributed by atoms with Gasteiger partial charge in [-0.15, -0.1) is 0 Å². The Morgan fingerprint density at radius 1 is 0.969 bits per heavy atom. The van der Waals surface area contributed by atoms with E-state index >= 15 is 0 Å². The maximum absolute atomic E-state index is 13.0. The molecule has 0 saturated heterocycles. The highest BCUT2D eigenvalue weighted by molar-refractivity contribution is 5.98. The first-order valence-corrected chi connectivity index (χ1v) is 9.98. The Balaban J connectivity index is 1.71. The first-order chi connectivity index (χ1) is 15.6. The molecule has 5 rings (SSSR count). The smallest absolute Gasteiger partial charge is 0.340 e. The summed E-state index contributed by atoms with van der Waals surface area (Å²) in [6.07, 6.45) is 0. The number of aliphatic hydroxyl groups excluding tert-OH is 1. The maximum atomic E-state index is 13.0. The van der Waals surface area contributed by atoms with Gasteiger partial charge < -0.3 is 34.1 Å². The SMILES string of the molecule is CNc1ccc2c(c1)C(=O)OC21c2ccc(OC)cc2Oc2cc(OCOCO)ccc21. The molecule has 2 N–H and O–H groups in total. The molecule has 32 heavy (non-hydrogen) atoms. The molecule has 0 fully saturated rings. The minimum absolute atomic E-state index is 0.116. The molecule has 1 unspecified atom stereocenters. The van der Waals surface area contributed by atoms with E-state index in [0.717, 1.165) is 11.3 Å². The Bertz CT molecular complexity index is 1210. The molecule has 0 saturated carbocycles. The minimum atomic E-state index is -1.17. The summed E-state index contributed by atoms with van der Waals surface area (Å²) >= 11 is 0. The fraction of sp³-hybridized carbons (Fsp3) is 0.208. The van der Waals surface area contributed by atoms with Crippen molar-refractivity contribution in [2.24, 2.45) is 0 Å². The second kappa shape index (κ2) is 7.74. The van der Waals surface area contributed by atoms with Crippen molar-refractivity contribution < 1.29 is 33.6 Å². The van der Waals surface area contributed by atoms with Crippen LogP contribution in [0.2, 0.25) is 0 Å². The van der Waals surface area contributed by atoms with Crippen molar-refractivity contribution >= 4 is 11.7 Å². The van der Waals surface area contributed by atoms with Crippen LogP contribution in [-0.2, 0) is 15.1 Å². The lowest BCUT2D eigenvalue weighted by Gasteiger charge is -2.36. The van der Waals surface area contributed by atoms with Crippen molar-refractivity contribution in [3.63, 3.8) is 0 Å². The van der Waals surface area contributed by atoms with Crippen LogP contribution in [-0.4, -0.2) is 38.8 Å². The average Bonchev–Trinajstić information content (AvgIpc) is 3.11. The number of methoxy groups -OCH3 is 1. The van der Waals surface area contributed by atoms with E-state index in [4.69, 9.17) is 28.8 Å². The summed E-state index contributed by atoms with van der Waals surface area (Å²) in [6.45, 7) is -0.561. The molecule has 0 bridgehead atoms. The monoisotopic (exact) mass is 435 g/mol. The van der Waals surface area contributed by atoms with E-state index in [1.165, 1.54) is 0 Å². The van der Waals surface area contributed by atoms with Crippen molar-refractivity contribution in [2.75, 3.05) is 33.1 Å². The summed E-state index contributed by atoms with van der Waals surface area (Å²) in [5.74, 6) is 1.67. The van der Waals surface area contributed by atoms with Crippen molar-refractivity contribution in [1.82, 2.24) is 0 Å². The molecule has 8 nitrogen and oxygen atoms in total. The molecule has 1 spiro atoms. The second-order valence-corrected chi connectivity index (χ2v) is 7.30. The molecule has 0 aliphatic carbocycles. The van der Waals surface area contributed by atoms with Crippen LogP contribution >= 0.6 is 0 Å². The lowest BCUT2D eigenvalue weighted by Crippen LogP contribution is -2.33. The summed E-state index contributed by atoms with van der Waals surface area (Å²) in [5, 5.41) is 11.9. The van der Waals surface area contributed by atoms with Crippen molar-refractivity contribution in [3.05, 3.63) is 76.9 Å². The molecule has 2 aliphatic rings. The largest absolute Gasteiger partial charge is 0.497 e. The van der Waals surface area contributed by atoms with E-state index < -0.39 is 18.4 Å². The third kappa shape index (κ3) is 2.96. The van der Waals surface area contributed by atoms with Crippen molar-refractivity contribution in [2.45, 2.75) is 5.60 Å². The number of benzene rings is 3. The Hall–Kier alpha value is -3.75. The highest BCUT2D eigenvalue weighted by atomic mass is 16.7. The standard InChI is InChI=1S/C24H21NO7/c1-25-14-3-6-18-17(9-14)23(27)32-24(18)19-7-4-15(28-2)10-21(19)31-22-11-16(5-8-20(22)24)30-13-29-12-26/h3-11,25-26H,12-13H2,1-2H3. The van der Waals surface area contributed by atoms with Gasteiger partial charge in [0.25, 0.3) is 0 Å². The number of fused-ring (bicyclic) bond motifs is 6. The number of anilines is 1. The third-order valence-corrected chi connectivity index (χ3v) is 5.67. The van der Waals surface area contributed by atoms with Crippen LogP contribution < -0.4 is 19.5 Å². The van der Waals surface area contributed by atoms with Crippen LogP contribution in [0, 0.1) is 0 Å². The van der Waals surface area contributed by atoms with Gasteiger partial charge >= 0.3 is 5.97 Å². The number of hydrogen-bond acceptors (Lipinski definition) is 8. The highest BCUT2D eigenvalue weighted by Crippen LogP contribution is 2.57. The molecule has 0 aromatic heterocycles. The van der Waals surface area contributed by atoms with E-state index in [-0.39, 0.29) is 6.79 Å². The number of hydrogen-bond donors (Lipinski definition) is 2. The van der Waals surface area contributed by atoms with E-state index in [1.807, 2.05) is 30.3 Å². The molecular weight excluding hydrogens is 414 g/mol. The normalized spacial score (nSPS) is 17.7. The van der Waals surface area contributed by atoms with Crippen LogP contribution in [0.15, 0.2) is 54.6 Å². The van der Waals surface area contributed by atoms with Gasteiger partial charge in [0.15, 0.2) is 12.4 Å². The Kier molecular flexibility index (Phi) is 4.88. The van der Waals surface area contributed by atoms with E-state index in [1.54, 1.807) is 38.4 Å². The molecule has 1 atom stereocenters. The zero-order chi connectivity index (χ0) is 22.3. The number of carbonyl (C=O) groups excluding carboxylic acids is 1. The predicted octanol–water partition coefficient (Wildman–Crippen LogP) is 3.61. The molecule has 2 heterocycles. The quantitative estimate of drug-likeness (QED) is 0.345. The lowest BCUT2D eigenvalue weighted by molar-refractivity contribution is -0.0653. The summed E-state index contributed by atoms with van der Waals surface area (Å²) < 4.78 is 28.1. The van der Waals surface area contributed by atoms with Gasteiger partial charge in [0.1, 0.15) is 29.8 Å². The molecule has 0 amide bonds. The molecule has 164 valence electrons. The number of rotatable bonds is 6. The minimum Gasteiger partial charge on any atom is -0.497 e. The fourth-order valence-electron chi connectivity index (χ4n) is 4.21. The lowest BCUT2D eigenvalue weighted by atomic mass is 9.77. The van der Waals surface area contributed by atoms with Crippen LogP contribution in [0.25, 0.3) is 0 Å².